The molecular formula is C14H13N3O2S. The minimum absolute atomic E-state index is 0.369. The van der Waals surface area contributed by atoms with Crippen molar-refractivity contribution in [2.45, 2.75) is 13.5 Å². The van der Waals surface area contributed by atoms with Crippen molar-refractivity contribution in [3.05, 3.63) is 46.0 Å². The summed E-state index contributed by atoms with van der Waals surface area (Å²) in [6, 6.07) is 9.38. The summed E-state index contributed by atoms with van der Waals surface area (Å²) in [5, 5.41) is 12.6. The van der Waals surface area contributed by atoms with E-state index >= 15 is 0 Å². The summed E-state index contributed by atoms with van der Waals surface area (Å²) in [6.07, 6.45) is 0. The number of nitrogens with one attached hydrogen (secondary N) is 1. The van der Waals surface area contributed by atoms with Gasteiger partial charge in [-0.2, -0.15) is 5.26 Å². The number of hydrogen-bond donors (Lipinski definition) is 1. The second-order valence-corrected chi connectivity index (χ2v) is 5.09. The van der Waals surface area contributed by atoms with Gasteiger partial charge in [-0.3, -0.25) is 0 Å². The van der Waals surface area contributed by atoms with Crippen molar-refractivity contribution < 1.29 is 9.53 Å². The Hall–Kier alpha value is -2.39. The molecule has 0 bridgehead atoms. The molecule has 0 spiro atoms. The second kappa shape index (κ2) is 6.17. The summed E-state index contributed by atoms with van der Waals surface area (Å²) in [6.45, 7) is 2.36. The zero-order valence-electron chi connectivity index (χ0n) is 11.1. The molecule has 0 atom stereocenters. The molecule has 1 N–H and O–H groups in total. The van der Waals surface area contributed by atoms with E-state index in [0.717, 1.165) is 5.56 Å². The molecular weight excluding hydrogens is 274 g/mol. The van der Waals surface area contributed by atoms with E-state index in [-0.39, 0.29) is 5.97 Å². The molecule has 1 aromatic heterocycles. The van der Waals surface area contributed by atoms with Gasteiger partial charge in [0.1, 0.15) is 4.88 Å². The highest BCUT2D eigenvalue weighted by Gasteiger charge is 2.15. The minimum Gasteiger partial charge on any atom is -0.465 e. The number of ether oxygens (including phenoxy) is 1. The minimum atomic E-state index is -0.369. The van der Waals surface area contributed by atoms with Gasteiger partial charge in [0.2, 0.25) is 0 Å². The number of carbonyl (C=O) groups excluding carboxylic acids is 1. The molecule has 2 rings (SSSR count). The second-order valence-electron chi connectivity index (χ2n) is 4.09. The molecule has 6 heteroatoms. The van der Waals surface area contributed by atoms with E-state index in [4.69, 9.17) is 10.00 Å². The lowest BCUT2D eigenvalue weighted by Crippen LogP contribution is -1.99. The number of carbonyl (C=O) groups is 1. The van der Waals surface area contributed by atoms with Crippen molar-refractivity contribution in [1.29, 1.82) is 5.26 Å². The lowest BCUT2D eigenvalue weighted by molar-refractivity contribution is 0.0605. The van der Waals surface area contributed by atoms with Gasteiger partial charge in [-0.05, 0) is 24.6 Å². The van der Waals surface area contributed by atoms with Gasteiger partial charge < -0.3 is 10.1 Å². The Labute approximate surface area is 120 Å². The summed E-state index contributed by atoms with van der Waals surface area (Å²) in [5.74, 6) is -0.369. The van der Waals surface area contributed by atoms with Gasteiger partial charge in [0, 0.05) is 6.54 Å². The fraction of sp³-hybridized carbons (Fsp3) is 0.214. The molecule has 0 aliphatic heterocycles. The van der Waals surface area contributed by atoms with Crippen molar-refractivity contribution in [2.75, 3.05) is 12.4 Å². The topological polar surface area (TPSA) is 75.0 Å². The van der Waals surface area contributed by atoms with Crippen molar-refractivity contribution in [3.8, 4) is 6.07 Å². The first kappa shape index (κ1) is 14.0. The first-order valence-electron chi connectivity index (χ1n) is 5.92. The lowest BCUT2D eigenvalue weighted by atomic mass is 10.1. The number of anilines is 1. The van der Waals surface area contributed by atoms with E-state index < -0.39 is 0 Å². The Morgan fingerprint density at radius 3 is 2.75 bits per heavy atom. The van der Waals surface area contributed by atoms with E-state index in [1.807, 2.05) is 12.1 Å². The van der Waals surface area contributed by atoms with Crippen molar-refractivity contribution in [2.24, 2.45) is 0 Å². The summed E-state index contributed by atoms with van der Waals surface area (Å²) in [7, 11) is 1.35. The molecule has 0 fully saturated rings. The van der Waals surface area contributed by atoms with E-state index in [1.54, 1.807) is 19.1 Å². The summed E-state index contributed by atoms with van der Waals surface area (Å²) in [4.78, 5) is 16.3. The Morgan fingerprint density at radius 1 is 1.45 bits per heavy atom. The maximum Gasteiger partial charge on any atom is 0.350 e. The predicted octanol–water partition coefficient (Wildman–Crippen LogP) is 2.72. The van der Waals surface area contributed by atoms with Crippen LogP contribution in [0.15, 0.2) is 24.3 Å². The van der Waals surface area contributed by atoms with E-state index in [1.165, 1.54) is 18.4 Å². The Balaban J connectivity index is 2.03. The molecule has 0 radical (unpaired) electrons. The number of esters is 1. The highest BCUT2D eigenvalue weighted by atomic mass is 32.1. The molecule has 0 saturated carbocycles. The van der Waals surface area contributed by atoms with Crippen LogP contribution in [0.5, 0.6) is 0 Å². The van der Waals surface area contributed by atoms with Gasteiger partial charge in [-0.15, -0.1) is 0 Å². The van der Waals surface area contributed by atoms with Crippen LogP contribution in [0.1, 0.15) is 26.5 Å². The molecule has 0 saturated heterocycles. The summed E-state index contributed by atoms with van der Waals surface area (Å²) >= 11 is 1.27. The standard InChI is InChI=1S/C14H13N3O2S/c1-9-12(13(18)19-2)20-14(17-9)16-8-11-5-3-10(7-15)4-6-11/h3-6H,8H2,1-2H3,(H,16,17). The van der Waals surface area contributed by atoms with Gasteiger partial charge in [-0.25, -0.2) is 9.78 Å². The Bertz CT molecular complexity index is 656. The zero-order chi connectivity index (χ0) is 14.5. The monoisotopic (exact) mass is 287 g/mol. The van der Waals surface area contributed by atoms with Crippen LogP contribution in [-0.2, 0) is 11.3 Å². The number of nitrogens with zero attached hydrogens (tertiary/aromatic N) is 2. The van der Waals surface area contributed by atoms with Gasteiger partial charge in [0.05, 0.1) is 24.4 Å². The maximum absolute atomic E-state index is 11.5. The number of methoxy groups -OCH3 is 1. The molecule has 5 nitrogen and oxygen atoms in total. The summed E-state index contributed by atoms with van der Waals surface area (Å²) in [5.41, 5.74) is 2.33. The number of aromatic nitrogens is 1. The number of nitriles is 1. The van der Waals surface area contributed by atoms with Crippen LogP contribution >= 0.6 is 11.3 Å². The largest absolute Gasteiger partial charge is 0.465 e. The van der Waals surface area contributed by atoms with Crippen molar-refractivity contribution in [1.82, 2.24) is 4.98 Å². The number of aryl methyl sites for hydroxylation is 1. The fourth-order valence-corrected chi connectivity index (χ4v) is 2.51. The third-order valence-corrected chi connectivity index (χ3v) is 3.79. The average molecular weight is 287 g/mol. The smallest absolute Gasteiger partial charge is 0.350 e. The van der Waals surface area contributed by atoms with E-state index in [0.29, 0.717) is 27.8 Å². The van der Waals surface area contributed by atoms with Gasteiger partial charge in [0.15, 0.2) is 5.13 Å². The number of hydrogen-bond acceptors (Lipinski definition) is 6. The Kier molecular flexibility index (Phi) is 4.33. The Morgan fingerprint density at radius 2 is 2.15 bits per heavy atom. The molecule has 0 aliphatic rings. The van der Waals surface area contributed by atoms with E-state index in [9.17, 15) is 4.79 Å². The highest BCUT2D eigenvalue weighted by molar-refractivity contribution is 7.17. The third-order valence-electron chi connectivity index (χ3n) is 2.69. The van der Waals surface area contributed by atoms with Gasteiger partial charge in [0.25, 0.3) is 0 Å². The lowest BCUT2D eigenvalue weighted by Gasteiger charge is -2.02. The quantitative estimate of drug-likeness (QED) is 0.875. The van der Waals surface area contributed by atoms with Crippen LogP contribution < -0.4 is 5.32 Å². The fourth-order valence-electron chi connectivity index (χ4n) is 1.63. The number of rotatable bonds is 4. The van der Waals surface area contributed by atoms with Crippen LogP contribution in [0.3, 0.4) is 0 Å². The van der Waals surface area contributed by atoms with Crippen LogP contribution in [-0.4, -0.2) is 18.1 Å². The van der Waals surface area contributed by atoms with Crippen molar-refractivity contribution >= 4 is 22.4 Å². The maximum atomic E-state index is 11.5. The number of thiazole rings is 1. The third kappa shape index (κ3) is 3.13. The van der Waals surface area contributed by atoms with Crippen LogP contribution in [0, 0.1) is 18.3 Å². The van der Waals surface area contributed by atoms with Crippen molar-refractivity contribution in [3.63, 3.8) is 0 Å². The molecule has 2 aromatic rings. The molecule has 1 aromatic carbocycles. The van der Waals surface area contributed by atoms with Gasteiger partial charge >= 0.3 is 5.97 Å². The van der Waals surface area contributed by atoms with Crippen LogP contribution in [0.2, 0.25) is 0 Å². The molecule has 0 aliphatic carbocycles. The number of benzene rings is 1. The van der Waals surface area contributed by atoms with Gasteiger partial charge in [-0.1, -0.05) is 23.5 Å². The van der Waals surface area contributed by atoms with Crippen LogP contribution in [0.4, 0.5) is 5.13 Å². The molecule has 0 unspecified atom stereocenters. The normalized spacial score (nSPS) is 9.85. The summed E-state index contributed by atoms with van der Waals surface area (Å²) < 4.78 is 4.69. The molecule has 102 valence electrons. The van der Waals surface area contributed by atoms with Crippen LogP contribution in [0.25, 0.3) is 0 Å². The average Bonchev–Trinajstić information content (AvgIpc) is 2.86. The molecule has 0 amide bonds. The highest BCUT2D eigenvalue weighted by Crippen LogP contribution is 2.23. The first-order chi connectivity index (χ1) is 9.63. The zero-order valence-corrected chi connectivity index (χ0v) is 12.0. The first-order valence-corrected chi connectivity index (χ1v) is 6.74. The SMILES string of the molecule is COC(=O)c1sc(NCc2ccc(C#N)cc2)nc1C. The molecule has 1 heterocycles. The molecule has 20 heavy (non-hydrogen) atoms. The van der Waals surface area contributed by atoms with E-state index in [2.05, 4.69) is 16.4 Å². The predicted molar refractivity (Wildman–Crippen MR) is 76.7 cm³/mol.